The predicted molar refractivity (Wildman–Crippen MR) is 102 cm³/mol. The second kappa shape index (κ2) is 7.97. The SMILES string of the molecule is Cc1[nH]c(=O)c(C#N)c(C)c1CCC(=O)N[C@H]1CCSc2c(F)cccc21. The van der Waals surface area contributed by atoms with Gasteiger partial charge in [-0.05, 0) is 49.4 Å². The van der Waals surface area contributed by atoms with Crippen molar-refractivity contribution in [2.75, 3.05) is 5.75 Å². The second-order valence-electron chi connectivity index (χ2n) is 6.58. The van der Waals surface area contributed by atoms with Crippen molar-refractivity contribution < 1.29 is 9.18 Å². The van der Waals surface area contributed by atoms with E-state index in [4.69, 9.17) is 5.26 Å². The number of nitrogens with one attached hydrogen (secondary N) is 2. The van der Waals surface area contributed by atoms with Crippen LogP contribution in [0.25, 0.3) is 0 Å². The summed E-state index contributed by atoms with van der Waals surface area (Å²) in [4.78, 5) is 27.6. The molecule has 0 radical (unpaired) electrons. The van der Waals surface area contributed by atoms with Crippen molar-refractivity contribution >= 4 is 17.7 Å². The molecule has 2 heterocycles. The molecule has 0 bridgehead atoms. The Hall–Kier alpha value is -2.59. The van der Waals surface area contributed by atoms with Gasteiger partial charge in [-0.25, -0.2) is 4.39 Å². The van der Waals surface area contributed by atoms with Gasteiger partial charge in [-0.15, -0.1) is 11.8 Å². The second-order valence-corrected chi connectivity index (χ2v) is 7.69. The van der Waals surface area contributed by atoms with Gasteiger partial charge in [-0.1, -0.05) is 12.1 Å². The third-order valence-electron chi connectivity index (χ3n) is 4.88. The minimum atomic E-state index is -0.404. The zero-order valence-corrected chi connectivity index (χ0v) is 16.0. The molecule has 1 aliphatic rings. The highest BCUT2D eigenvalue weighted by Crippen LogP contribution is 2.37. The van der Waals surface area contributed by atoms with Crippen molar-refractivity contribution in [2.45, 2.75) is 44.0 Å². The minimum Gasteiger partial charge on any atom is -0.349 e. The number of aromatic nitrogens is 1. The van der Waals surface area contributed by atoms with E-state index in [1.165, 1.54) is 17.8 Å². The number of H-pyrrole nitrogens is 1. The molecule has 140 valence electrons. The number of halogens is 1. The molecule has 1 aromatic carbocycles. The molecule has 3 rings (SSSR count). The number of hydrogen-bond acceptors (Lipinski definition) is 4. The van der Waals surface area contributed by atoms with Crippen molar-refractivity contribution in [1.29, 1.82) is 5.26 Å². The average molecular weight is 385 g/mol. The van der Waals surface area contributed by atoms with Gasteiger partial charge in [-0.3, -0.25) is 9.59 Å². The fourth-order valence-corrected chi connectivity index (χ4v) is 4.60. The van der Waals surface area contributed by atoms with Crippen LogP contribution in [0.5, 0.6) is 0 Å². The fourth-order valence-electron chi connectivity index (χ4n) is 3.46. The first kappa shape index (κ1) is 19.2. The molecule has 0 unspecified atom stereocenters. The third-order valence-corrected chi connectivity index (χ3v) is 6.04. The Bertz CT molecular complexity index is 994. The number of pyridine rings is 1. The molecule has 1 aliphatic heterocycles. The van der Waals surface area contributed by atoms with Gasteiger partial charge in [0.05, 0.1) is 6.04 Å². The molecule has 0 fully saturated rings. The quantitative estimate of drug-likeness (QED) is 0.846. The Morgan fingerprint density at radius 3 is 2.96 bits per heavy atom. The number of nitriles is 1. The highest BCUT2D eigenvalue weighted by Gasteiger charge is 2.24. The molecule has 0 saturated heterocycles. The largest absolute Gasteiger partial charge is 0.349 e. The Morgan fingerprint density at radius 2 is 2.22 bits per heavy atom. The minimum absolute atomic E-state index is 0.0877. The lowest BCUT2D eigenvalue weighted by molar-refractivity contribution is -0.121. The summed E-state index contributed by atoms with van der Waals surface area (Å²) < 4.78 is 14.0. The summed E-state index contributed by atoms with van der Waals surface area (Å²) >= 11 is 1.48. The number of benzene rings is 1. The van der Waals surface area contributed by atoms with Crippen LogP contribution in [0.4, 0.5) is 4.39 Å². The molecule has 1 aromatic heterocycles. The van der Waals surface area contributed by atoms with Gasteiger partial charge in [-0.2, -0.15) is 5.26 Å². The Kier molecular flexibility index (Phi) is 5.66. The number of carbonyl (C=O) groups is 1. The van der Waals surface area contributed by atoms with Crippen molar-refractivity contribution in [1.82, 2.24) is 10.3 Å². The van der Waals surface area contributed by atoms with Gasteiger partial charge < -0.3 is 10.3 Å². The lowest BCUT2D eigenvalue weighted by Crippen LogP contribution is -2.31. The van der Waals surface area contributed by atoms with E-state index in [2.05, 4.69) is 10.3 Å². The Labute approximate surface area is 161 Å². The van der Waals surface area contributed by atoms with Crippen LogP contribution in [0.15, 0.2) is 27.9 Å². The maximum absolute atomic E-state index is 14.0. The molecular formula is C20H20FN3O2S. The highest BCUT2D eigenvalue weighted by atomic mass is 32.2. The zero-order valence-electron chi connectivity index (χ0n) is 15.2. The molecular weight excluding hydrogens is 365 g/mol. The molecule has 5 nitrogen and oxygen atoms in total. The molecule has 27 heavy (non-hydrogen) atoms. The van der Waals surface area contributed by atoms with E-state index in [-0.39, 0.29) is 29.8 Å². The van der Waals surface area contributed by atoms with Crippen LogP contribution in [0.3, 0.4) is 0 Å². The van der Waals surface area contributed by atoms with Gasteiger partial charge >= 0.3 is 0 Å². The maximum Gasteiger partial charge on any atom is 0.266 e. The highest BCUT2D eigenvalue weighted by molar-refractivity contribution is 7.99. The lowest BCUT2D eigenvalue weighted by atomic mass is 9.98. The van der Waals surface area contributed by atoms with E-state index in [1.54, 1.807) is 19.9 Å². The lowest BCUT2D eigenvalue weighted by Gasteiger charge is -2.26. The Balaban J connectivity index is 1.72. The molecule has 7 heteroatoms. The van der Waals surface area contributed by atoms with Gasteiger partial charge in [0.2, 0.25) is 5.91 Å². The van der Waals surface area contributed by atoms with E-state index in [9.17, 15) is 14.0 Å². The molecule has 0 spiro atoms. The molecule has 2 aromatic rings. The number of thioether (sulfide) groups is 1. The van der Waals surface area contributed by atoms with Gasteiger partial charge in [0.1, 0.15) is 17.4 Å². The summed E-state index contributed by atoms with van der Waals surface area (Å²) in [7, 11) is 0. The summed E-state index contributed by atoms with van der Waals surface area (Å²) in [6.45, 7) is 3.49. The smallest absolute Gasteiger partial charge is 0.266 e. The molecule has 0 aliphatic carbocycles. The van der Waals surface area contributed by atoms with Crippen LogP contribution in [-0.4, -0.2) is 16.6 Å². The van der Waals surface area contributed by atoms with Crippen LogP contribution >= 0.6 is 11.8 Å². The monoisotopic (exact) mass is 385 g/mol. The van der Waals surface area contributed by atoms with E-state index in [1.807, 2.05) is 12.1 Å². The number of aromatic amines is 1. The van der Waals surface area contributed by atoms with E-state index < -0.39 is 5.56 Å². The van der Waals surface area contributed by atoms with Gasteiger partial charge in [0, 0.05) is 22.8 Å². The average Bonchev–Trinajstić information content (AvgIpc) is 2.62. The van der Waals surface area contributed by atoms with Crippen molar-refractivity contribution in [2.24, 2.45) is 0 Å². The fraction of sp³-hybridized carbons (Fsp3) is 0.350. The van der Waals surface area contributed by atoms with E-state index in [0.29, 0.717) is 22.6 Å². The summed E-state index contributed by atoms with van der Waals surface area (Å²) in [6.07, 6.45) is 1.40. The summed E-state index contributed by atoms with van der Waals surface area (Å²) in [5, 5.41) is 12.1. The topological polar surface area (TPSA) is 85.8 Å². The zero-order chi connectivity index (χ0) is 19.6. The number of hydrogen-bond donors (Lipinski definition) is 2. The summed E-state index contributed by atoms with van der Waals surface area (Å²) in [6, 6.07) is 6.67. The summed E-state index contributed by atoms with van der Waals surface area (Å²) in [5.74, 6) is 0.369. The van der Waals surface area contributed by atoms with Gasteiger partial charge in [0.25, 0.3) is 5.56 Å². The van der Waals surface area contributed by atoms with Crippen LogP contribution in [0, 0.1) is 31.0 Å². The predicted octanol–water partition coefficient (Wildman–Crippen LogP) is 3.29. The third kappa shape index (κ3) is 3.91. The van der Waals surface area contributed by atoms with Crippen molar-refractivity contribution in [3.05, 3.63) is 62.3 Å². The standard InChI is InChI=1S/C20H20FN3O2S/c1-11-13(12(2)23-20(26)15(11)10-22)6-7-18(25)24-17-8-9-27-19-14(17)4-3-5-16(19)21/h3-5,17H,6-9H2,1-2H3,(H,23,26)(H,24,25)/t17-/m0/s1. The Morgan fingerprint density at radius 1 is 1.44 bits per heavy atom. The van der Waals surface area contributed by atoms with Crippen LogP contribution in [0.2, 0.25) is 0 Å². The number of aryl methyl sites for hydroxylation is 1. The first-order chi connectivity index (χ1) is 12.9. The number of fused-ring (bicyclic) bond motifs is 1. The normalized spacial score (nSPS) is 15.7. The number of nitrogens with zero attached hydrogens (tertiary/aromatic N) is 1. The number of rotatable bonds is 4. The molecule has 2 N–H and O–H groups in total. The molecule has 1 atom stereocenters. The molecule has 0 saturated carbocycles. The van der Waals surface area contributed by atoms with E-state index in [0.717, 1.165) is 23.3 Å². The maximum atomic E-state index is 14.0. The molecule has 1 amide bonds. The number of carbonyl (C=O) groups excluding carboxylic acids is 1. The van der Waals surface area contributed by atoms with Crippen LogP contribution < -0.4 is 10.9 Å². The van der Waals surface area contributed by atoms with Crippen molar-refractivity contribution in [3.63, 3.8) is 0 Å². The van der Waals surface area contributed by atoms with Gasteiger partial charge in [0.15, 0.2) is 0 Å². The summed E-state index contributed by atoms with van der Waals surface area (Å²) in [5.41, 5.74) is 2.61. The van der Waals surface area contributed by atoms with Crippen molar-refractivity contribution in [3.8, 4) is 6.07 Å². The first-order valence-corrected chi connectivity index (χ1v) is 9.74. The first-order valence-electron chi connectivity index (χ1n) is 8.75. The number of amides is 1. The van der Waals surface area contributed by atoms with E-state index >= 15 is 0 Å². The van der Waals surface area contributed by atoms with Crippen LogP contribution in [-0.2, 0) is 11.2 Å². The van der Waals surface area contributed by atoms with Crippen LogP contribution in [0.1, 0.15) is 46.8 Å².